The Bertz CT molecular complexity index is 956. The van der Waals surface area contributed by atoms with Crippen LogP contribution in [0.25, 0.3) is 0 Å². The van der Waals surface area contributed by atoms with Crippen molar-refractivity contribution in [2.75, 3.05) is 13.7 Å². The molecule has 174 valence electrons. The van der Waals surface area contributed by atoms with Gasteiger partial charge in [0.2, 0.25) is 0 Å². The van der Waals surface area contributed by atoms with Crippen molar-refractivity contribution < 1.29 is 25.1 Å². The highest BCUT2D eigenvalue weighted by atomic mass is 16.7. The smallest absolute Gasteiger partial charge is 0.160 e. The van der Waals surface area contributed by atoms with E-state index in [9.17, 15) is 0 Å². The highest BCUT2D eigenvalue weighted by Gasteiger charge is 2.40. The summed E-state index contributed by atoms with van der Waals surface area (Å²) in [5.74, 6) is 0. The predicted molar refractivity (Wildman–Crippen MR) is 126 cm³/mol. The molecule has 1 heterocycles. The zero-order valence-corrected chi connectivity index (χ0v) is 18.9. The Morgan fingerprint density at radius 1 is 0.758 bits per heavy atom. The molecule has 1 aliphatic heterocycles. The van der Waals surface area contributed by atoms with Crippen LogP contribution < -0.4 is 0 Å². The summed E-state index contributed by atoms with van der Waals surface area (Å²) in [4.78, 5) is 0. The molecule has 0 spiro atoms. The Hall–Kier alpha value is -2.54. The fourth-order valence-electron chi connectivity index (χ4n) is 3.79. The summed E-state index contributed by atoms with van der Waals surface area (Å²) in [5.41, 5.74) is 3.16. The van der Waals surface area contributed by atoms with Gasteiger partial charge in [-0.25, -0.2) is 0 Å². The summed E-state index contributed by atoms with van der Waals surface area (Å²) in [7, 11) is 1.55. The van der Waals surface area contributed by atoms with Crippen LogP contribution in [0.5, 0.6) is 0 Å². The SMILES string of the molecule is [2H][C@@H]1[C@H](OC)O[C@H](COCc2ccccc2)[C@@H](OCc2ccccc2)[C@@H]1OCc1ccccc1. The van der Waals surface area contributed by atoms with Crippen LogP contribution in [-0.2, 0) is 43.5 Å². The van der Waals surface area contributed by atoms with Crippen molar-refractivity contribution in [2.24, 2.45) is 0 Å². The monoisotopic (exact) mass is 449 g/mol. The van der Waals surface area contributed by atoms with Crippen LogP contribution in [0.3, 0.4) is 0 Å². The molecule has 33 heavy (non-hydrogen) atoms. The molecule has 0 N–H and O–H groups in total. The summed E-state index contributed by atoms with van der Waals surface area (Å²) in [5, 5.41) is 0. The lowest BCUT2D eigenvalue weighted by molar-refractivity contribution is -0.272. The maximum Gasteiger partial charge on any atom is 0.160 e. The van der Waals surface area contributed by atoms with Gasteiger partial charge in [-0.3, -0.25) is 0 Å². The number of ether oxygens (including phenoxy) is 5. The molecule has 1 aliphatic rings. The lowest BCUT2D eigenvalue weighted by Crippen LogP contribution is -2.52. The lowest BCUT2D eigenvalue weighted by atomic mass is 10.0. The minimum atomic E-state index is -0.764. The molecule has 0 radical (unpaired) electrons. The molecule has 0 amide bonds. The second-order valence-electron chi connectivity index (χ2n) is 7.99. The second-order valence-corrected chi connectivity index (χ2v) is 7.99. The molecule has 0 aromatic heterocycles. The number of methoxy groups -OCH3 is 1. The third-order valence-corrected chi connectivity index (χ3v) is 5.54. The summed E-state index contributed by atoms with van der Waals surface area (Å²) < 4.78 is 39.0. The molecule has 5 nitrogen and oxygen atoms in total. The Kier molecular flexibility index (Phi) is 8.52. The number of hydrogen-bond donors (Lipinski definition) is 0. The maximum atomic E-state index is 8.77. The summed E-state index contributed by atoms with van der Waals surface area (Å²) in [6, 6.07) is 29.9. The van der Waals surface area contributed by atoms with Gasteiger partial charge in [0.05, 0.1) is 32.5 Å². The van der Waals surface area contributed by atoms with Crippen LogP contribution in [0.15, 0.2) is 91.0 Å². The fourth-order valence-corrected chi connectivity index (χ4v) is 3.79. The molecular weight excluding hydrogens is 416 g/mol. The van der Waals surface area contributed by atoms with Crippen LogP contribution in [-0.4, -0.2) is 38.3 Å². The predicted octanol–water partition coefficient (Wildman–Crippen LogP) is 5.14. The van der Waals surface area contributed by atoms with E-state index in [0.29, 0.717) is 26.4 Å². The van der Waals surface area contributed by atoms with E-state index in [1.54, 1.807) is 7.11 Å². The molecule has 1 saturated heterocycles. The van der Waals surface area contributed by atoms with Gasteiger partial charge in [0.15, 0.2) is 6.29 Å². The average molecular weight is 450 g/mol. The number of benzene rings is 3. The van der Waals surface area contributed by atoms with Crippen molar-refractivity contribution in [3.8, 4) is 0 Å². The van der Waals surface area contributed by atoms with Gasteiger partial charge in [-0.15, -0.1) is 0 Å². The van der Waals surface area contributed by atoms with Crippen molar-refractivity contribution in [2.45, 2.75) is 50.8 Å². The van der Waals surface area contributed by atoms with Crippen LogP contribution in [0, 0.1) is 0 Å². The van der Waals surface area contributed by atoms with Crippen molar-refractivity contribution in [1.29, 1.82) is 0 Å². The van der Waals surface area contributed by atoms with E-state index in [4.69, 9.17) is 25.1 Å². The zero-order chi connectivity index (χ0) is 23.6. The number of hydrogen-bond acceptors (Lipinski definition) is 5. The molecule has 1 fully saturated rings. The molecule has 0 bridgehead atoms. The highest BCUT2D eigenvalue weighted by Crippen LogP contribution is 2.28. The van der Waals surface area contributed by atoms with Crippen molar-refractivity contribution in [1.82, 2.24) is 0 Å². The zero-order valence-electron chi connectivity index (χ0n) is 19.9. The molecule has 0 saturated carbocycles. The van der Waals surface area contributed by atoms with Gasteiger partial charge >= 0.3 is 0 Å². The van der Waals surface area contributed by atoms with Crippen molar-refractivity contribution in [3.63, 3.8) is 0 Å². The standard InChI is InChI=1S/C28H32O5/c1-29-27-17-25(31-19-23-13-7-3-8-14-23)28(32-20-24-15-9-4-10-16-24)26(33-27)21-30-18-22-11-5-2-6-12-22/h2-16,25-28H,17-21H2,1H3/t25-,26-,27-,28+/m1/s1/i17D/t17-,25+,26+,27+,28-/m0. The molecule has 4 rings (SSSR count). The van der Waals surface area contributed by atoms with Crippen LogP contribution in [0.4, 0.5) is 0 Å². The van der Waals surface area contributed by atoms with Crippen molar-refractivity contribution in [3.05, 3.63) is 108 Å². The van der Waals surface area contributed by atoms with Gasteiger partial charge in [-0.2, -0.15) is 0 Å². The first-order chi connectivity index (χ1) is 16.7. The van der Waals surface area contributed by atoms with Gasteiger partial charge < -0.3 is 23.7 Å². The van der Waals surface area contributed by atoms with Gasteiger partial charge in [0, 0.05) is 14.9 Å². The quantitative estimate of drug-likeness (QED) is 0.406. The van der Waals surface area contributed by atoms with Gasteiger partial charge in [0.25, 0.3) is 0 Å². The second kappa shape index (κ2) is 12.6. The first-order valence-electron chi connectivity index (χ1n) is 11.9. The summed E-state index contributed by atoms with van der Waals surface area (Å²) >= 11 is 0. The van der Waals surface area contributed by atoms with E-state index < -0.39 is 31.0 Å². The van der Waals surface area contributed by atoms with E-state index in [-0.39, 0.29) is 0 Å². The fraction of sp³-hybridized carbons (Fsp3) is 0.357. The van der Waals surface area contributed by atoms with Gasteiger partial charge in [-0.1, -0.05) is 91.0 Å². The Morgan fingerprint density at radius 2 is 1.27 bits per heavy atom. The summed E-state index contributed by atoms with van der Waals surface area (Å²) in [6.45, 7) is 1.52. The normalized spacial score (nSPS) is 25.5. The van der Waals surface area contributed by atoms with E-state index in [0.717, 1.165) is 16.7 Å². The molecule has 3 aromatic rings. The lowest BCUT2D eigenvalue weighted by Gasteiger charge is -2.41. The van der Waals surface area contributed by atoms with Crippen LogP contribution in [0.1, 0.15) is 24.5 Å². The van der Waals surface area contributed by atoms with Gasteiger partial charge in [0.1, 0.15) is 12.2 Å². The van der Waals surface area contributed by atoms with Crippen molar-refractivity contribution >= 4 is 0 Å². The highest BCUT2D eigenvalue weighted by molar-refractivity contribution is 5.15. The van der Waals surface area contributed by atoms with Gasteiger partial charge in [-0.05, 0) is 16.7 Å². The first kappa shape index (κ1) is 22.3. The topological polar surface area (TPSA) is 46.2 Å². The molecule has 5 atom stereocenters. The minimum absolute atomic E-state index is 0.298. The maximum absolute atomic E-state index is 8.77. The van der Waals surface area contributed by atoms with E-state index >= 15 is 0 Å². The Morgan fingerprint density at radius 3 is 1.82 bits per heavy atom. The Balaban J connectivity index is 1.48. The average Bonchev–Trinajstić information content (AvgIpc) is 2.89. The largest absolute Gasteiger partial charge is 0.374 e. The molecule has 3 aromatic carbocycles. The van der Waals surface area contributed by atoms with Crippen LogP contribution >= 0.6 is 0 Å². The molecular formula is C28H32O5. The summed E-state index contributed by atoms with van der Waals surface area (Å²) in [6.07, 6.45) is -2.98. The van der Waals surface area contributed by atoms with E-state index in [1.165, 1.54) is 0 Å². The first-order valence-corrected chi connectivity index (χ1v) is 11.3. The van der Waals surface area contributed by atoms with E-state index in [2.05, 4.69) is 0 Å². The molecule has 5 heteroatoms. The molecule has 0 unspecified atom stereocenters. The molecule has 0 aliphatic carbocycles. The number of rotatable bonds is 11. The van der Waals surface area contributed by atoms with Crippen LogP contribution in [0.2, 0.25) is 0 Å². The third-order valence-electron chi connectivity index (χ3n) is 5.54. The van der Waals surface area contributed by atoms with E-state index in [1.807, 2.05) is 91.0 Å². The minimum Gasteiger partial charge on any atom is -0.374 e. The third kappa shape index (κ3) is 7.22. The Labute approximate surface area is 197 Å².